The van der Waals surface area contributed by atoms with Crippen LogP contribution in [0.5, 0.6) is 0 Å². The molecule has 0 bridgehead atoms. The van der Waals surface area contributed by atoms with E-state index in [2.05, 4.69) is 22.5 Å². The third kappa shape index (κ3) is 5.23. The molecule has 2 aromatic carbocycles. The predicted octanol–water partition coefficient (Wildman–Crippen LogP) is 5.00. The van der Waals surface area contributed by atoms with Gasteiger partial charge in [0.15, 0.2) is 0 Å². The summed E-state index contributed by atoms with van der Waals surface area (Å²) in [5.74, 6) is -0.614. The molecule has 2 aromatic heterocycles. The lowest BCUT2D eigenvalue weighted by atomic mass is 10.1. The second-order valence-corrected chi connectivity index (χ2v) is 9.08. The van der Waals surface area contributed by atoms with E-state index in [-0.39, 0.29) is 23.9 Å². The van der Waals surface area contributed by atoms with E-state index >= 15 is 0 Å². The van der Waals surface area contributed by atoms with Crippen molar-refractivity contribution < 1.29 is 9.59 Å². The number of benzene rings is 2. The van der Waals surface area contributed by atoms with Gasteiger partial charge in [-0.25, -0.2) is 4.98 Å². The molecule has 2 N–H and O–H groups in total. The zero-order valence-electron chi connectivity index (χ0n) is 19.1. The van der Waals surface area contributed by atoms with Gasteiger partial charge in [-0.15, -0.1) is 11.3 Å². The van der Waals surface area contributed by atoms with Gasteiger partial charge in [0.2, 0.25) is 5.91 Å². The maximum atomic E-state index is 13.1. The van der Waals surface area contributed by atoms with Crippen LogP contribution in [0, 0.1) is 6.92 Å². The molecule has 2 amide bonds. The summed E-state index contributed by atoms with van der Waals surface area (Å²) in [6.45, 7) is 3.72. The van der Waals surface area contributed by atoms with Gasteiger partial charge in [-0.2, -0.15) is 0 Å². The zero-order chi connectivity index (χ0) is 24.1. The van der Waals surface area contributed by atoms with Crippen molar-refractivity contribution in [1.82, 2.24) is 9.55 Å². The second-order valence-electron chi connectivity index (χ2n) is 8.08. The average molecular weight is 475 g/mol. The summed E-state index contributed by atoms with van der Waals surface area (Å²) in [5.41, 5.74) is 2.79. The predicted molar refractivity (Wildman–Crippen MR) is 137 cm³/mol. The molecular formula is C26H26N4O3S. The summed E-state index contributed by atoms with van der Waals surface area (Å²) in [6.07, 6.45) is 4.63. The van der Waals surface area contributed by atoms with Crippen LogP contribution in [0.15, 0.2) is 65.7 Å². The number of anilines is 2. The Balaban J connectivity index is 1.49. The summed E-state index contributed by atoms with van der Waals surface area (Å²) >= 11 is 1.17. The summed E-state index contributed by atoms with van der Waals surface area (Å²) in [4.78, 5) is 43.7. The molecule has 2 heterocycles. The minimum absolute atomic E-state index is 0.166. The fourth-order valence-corrected chi connectivity index (χ4v) is 4.72. The monoisotopic (exact) mass is 474 g/mol. The standard InChI is InChI=1S/C26H26N4O3S/c1-3-4-8-18-11-13-20(14-12-18)28-21(31)15-30-16-27-25-22(26(30)33)17(2)23(34-25)24(32)29-19-9-6-5-7-10-19/h5-7,9-14,16H,3-4,8,15H2,1-2H3,(H,28,31)(H,29,32). The van der Waals surface area contributed by atoms with E-state index in [0.29, 0.717) is 32.0 Å². The van der Waals surface area contributed by atoms with Gasteiger partial charge in [0, 0.05) is 11.4 Å². The lowest BCUT2D eigenvalue weighted by Crippen LogP contribution is -2.28. The summed E-state index contributed by atoms with van der Waals surface area (Å²) < 4.78 is 1.27. The van der Waals surface area contributed by atoms with Crippen LogP contribution in [0.1, 0.15) is 40.6 Å². The van der Waals surface area contributed by atoms with E-state index in [1.807, 2.05) is 42.5 Å². The molecule has 0 saturated carbocycles. The number of rotatable bonds is 8. The van der Waals surface area contributed by atoms with Crippen LogP contribution in [0.2, 0.25) is 0 Å². The van der Waals surface area contributed by atoms with Crippen molar-refractivity contribution in [2.24, 2.45) is 0 Å². The maximum Gasteiger partial charge on any atom is 0.266 e. The lowest BCUT2D eigenvalue weighted by molar-refractivity contribution is -0.116. The number of aromatic nitrogens is 2. The third-order valence-corrected chi connectivity index (χ3v) is 6.72. The van der Waals surface area contributed by atoms with Crippen LogP contribution in [-0.4, -0.2) is 21.4 Å². The molecular weight excluding hydrogens is 448 g/mol. The highest BCUT2D eigenvalue weighted by atomic mass is 32.1. The molecule has 8 heteroatoms. The zero-order valence-corrected chi connectivity index (χ0v) is 19.9. The molecule has 7 nitrogen and oxygen atoms in total. The number of fused-ring (bicyclic) bond motifs is 1. The number of nitrogens with one attached hydrogen (secondary N) is 2. The molecule has 34 heavy (non-hydrogen) atoms. The Bertz CT molecular complexity index is 1380. The van der Waals surface area contributed by atoms with Crippen LogP contribution < -0.4 is 16.2 Å². The number of hydrogen-bond acceptors (Lipinski definition) is 5. The number of carbonyl (C=O) groups is 2. The molecule has 0 aliphatic heterocycles. The van der Waals surface area contributed by atoms with Crippen molar-refractivity contribution in [3.05, 3.63) is 87.3 Å². The number of nitrogens with zero attached hydrogens (tertiary/aromatic N) is 2. The summed E-state index contributed by atoms with van der Waals surface area (Å²) in [7, 11) is 0. The third-order valence-electron chi connectivity index (χ3n) is 5.53. The van der Waals surface area contributed by atoms with E-state index in [4.69, 9.17) is 0 Å². The minimum Gasteiger partial charge on any atom is -0.325 e. The van der Waals surface area contributed by atoms with Gasteiger partial charge in [-0.3, -0.25) is 19.0 Å². The molecule has 0 aliphatic carbocycles. The van der Waals surface area contributed by atoms with Gasteiger partial charge < -0.3 is 10.6 Å². The van der Waals surface area contributed by atoms with Crippen LogP contribution in [0.25, 0.3) is 10.2 Å². The lowest BCUT2D eigenvalue weighted by Gasteiger charge is -2.08. The molecule has 0 saturated heterocycles. The van der Waals surface area contributed by atoms with Crippen molar-refractivity contribution in [3.8, 4) is 0 Å². The number of hydrogen-bond donors (Lipinski definition) is 2. The van der Waals surface area contributed by atoms with Crippen molar-refractivity contribution in [1.29, 1.82) is 0 Å². The van der Waals surface area contributed by atoms with Gasteiger partial charge in [0.05, 0.1) is 16.6 Å². The van der Waals surface area contributed by atoms with Crippen LogP contribution in [0.4, 0.5) is 11.4 Å². The summed E-state index contributed by atoms with van der Waals surface area (Å²) in [6, 6.07) is 16.9. The Morgan fingerprint density at radius 3 is 2.41 bits per heavy atom. The molecule has 4 rings (SSSR count). The maximum absolute atomic E-state index is 13.1. The molecule has 174 valence electrons. The first-order chi connectivity index (χ1) is 16.5. The second kappa shape index (κ2) is 10.4. The van der Waals surface area contributed by atoms with E-state index in [1.54, 1.807) is 19.1 Å². The van der Waals surface area contributed by atoms with Crippen LogP contribution in [-0.2, 0) is 17.8 Å². The fraction of sp³-hybridized carbons (Fsp3) is 0.231. The molecule has 0 spiro atoms. The van der Waals surface area contributed by atoms with Gasteiger partial charge in [-0.05, 0) is 55.2 Å². The molecule has 0 unspecified atom stereocenters. The topological polar surface area (TPSA) is 93.1 Å². The number of para-hydroxylation sites is 1. The van der Waals surface area contributed by atoms with Crippen LogP contribution in [0.3, 0.4) is 0 Å². The van der Waals surface area contributed by atoms with Crippen LogP contribution >= 0.6 is 11.3 Å². The van der Waals surface area contributed by atoms with E-state index in [0.717, 1.165) is 19.3 Å². The molecule has 0 atom stereocenters. The smallest absolute Gasteiger partial charge is 0.266 e. The summed E-state index contributed by atoms with van der Waals surface area (Å²) in [5, 5.41) is 6.03. The normalized spacial score (nSPS) is 10.9. The highest BCUT2D eigenvalue weighted by molar-refractivity contribution is 7.20. The average Bonchev–Trinajstić information content (AvgIpc) is 3.18. The quantitative estimate of drug-likeness (QED) is 0.376. The van der Waals surface area contributed by atoms with Crippen molar-refractivity contribution in [2.45, 2.75) is 39.7 Å². The molecule has 0 aliphatic rings. The molecule has 4 aromatic rings. The Labute approximate surface area is 201 Å². The largest absolute Gasteiger partial charge is 0.325 e. The van der Waals surface area contributed by atoms with Gasteiger partial charge in [-0.1, -0.05) is 43.7 Å². The van der Waals surface area contributed by atoms with Crippen molar-refractivity contribution in [2.75, 3.05) is 10.6 Å². The number of thiophene rings is 1. The number of amides is 2. The highest BCUT2D eigenvalue weighted by Gasteiger charge is 2.20. The Morgan fingerprint density at radius 2 is 1.71 bits per heavy atom. The Kier molecular flexibility index (Phi) is 7.18. The van der Waals surface area contributed by atoms with E-state index in [1.165, 1.54) is 27.8 Å². The van der Waals surface area contributed by atoms with Gasteiger partial charge >= 0.3 is 0 Å². The molecule has 0 fully saturated rings. The fourth-order valence-electron chi connectivity index (χ4n) is 3.69. The Morgan fingerprint density at radius 1 is 1.00 bits per heavy atom. The molecule has 0 radical (unpaired) electrons. The highest BCUT2D eigenvalue weighted by Crippen LogP contribution is 2.27. The van der Waals surface area contributed by atoms with Gasteiger partial charge in [0.1, 0.15) is 11.4 Å². The number of carbonyl (C=O) groups excluding carboxylic acids is 2. The van der Waals surface area contributed by atoms with E-state index < -0.39 is 0 Å². The first-order valence-corrected chi connectivity index (χ1v) is 12.0. The number of aryl methyl sites for hydroxylation is 2. The SMILES string of the molecule is CCCCc1ccc(NC(=O)Cn2cnc3sc(C(=O)Nc4ccccc4)c(C)c3c2=O)cc1. The first-order valence-electron chi connectivity index (χ1n) is 11.2. The van der Waals surface area contributed by atoms with Gasteiger partial charge in [0.25, 0.3) is 11.5 Å². The first kappa shape index (κ1) is 23.4. The Hall–Kier alpha value is -3.78. The number of unbranched alkanes of at least 4 members (excludes halogenated alkanes) is 1. The van der Waals surface area contributed by atoms with Crippen molar-refractivity contribution >= 4 is 44.7 Å². The minimum atomic E-state index is -0.345. The van der Waals surface area contributed by atoms with Crippen molar-refractivity contribution in [3.63, 3.8) is 0 Å². The van der Waals surface area contributed by atoms with E-state index in [9.17, 15) is 14.4 Å².